The van der Waals surface area contributed by atoms with Gasteiger partial charge < -0.3 is 4.74 Å². The summed E-state index contributed by atoms with van der Waals surface area (Å²) in [6.07, 6.45) is 0. The van der Waals surface area contributed by atoms with Gasteiger partial charge in [0.05, 0.1) is 18.1 Å². The quantitative estimate of drug-likeness (QED) is 0.787. The van der Waals surface area contributed by atoms with Gasteiger partial charge in [-0.1, -0.05) is 15.9 Å². The first kappa shape index (κ1) is 12.6. The number of ether oxygens (including phenoxy) is 1. The van der Waals surface area contributed by atoms with E-state index in [2.05, 4.69) is 52.3 Å². The minimum absolute atomic E-state index is 0.796. The van der Waals surface area contributed by atoms with Crippen molar-refractivity contribution in [2.24, 2.45) is 0 Å². The lowest BCUT2D eigenvalue weighted by molar-refractivity contribution is 0.416. The molecule has 2 nitrogen and oxygen atoms in total. The van der Waals surface area contributed by atoms with E-state index in [1.807, 2.05) is 0 Å². The van der Waals surface area contributed by atoms with Gasteiger partial charge in [0.15, 0.2) is 0 Å². The molecule has 0 saturated carbocycles. The fourth-order valence-corrected chi connectivity index (χ4v) is 2.82. The molecule has 0 radical (unpaired) electrons. The largest absolute Gasteiger partial charge is 0.496 e. The molecule has 0 fully saturated rings. The molecule has 0 atom stereocenters. The number of aryl methyl sites for hydroxylation is 2. The van der Waals surface area contributed by atoms with E-state index >= 15 is 0 Å². The van der Waals surface area contributed by atoms with E-state index in [1.54, 1.807) is 18.4 Å². The van der Waals surface area contributed by atoms with Crippen LogP contribution in [0.3, 0.4) is 0 Å². The Morgan fingerprint density at radius 2 is 2.00 bits per heavy atom. The Bertz CT molecular complexity index is 536. The number of halogens is 1. The number of methoxy groups -OCH3 is 1. The second-order valence-electron chi connectivity index (χ2n) is 3.90. The van der Waals surface area contributed by atoms with Crippen molar-refractivity contribution in [3.8, 4) is 17.0 Å². The number of aromatic nitrogens is 1. The van der Waals surface area contributed by atoms with Gasteiger partial charge >= 0.3 is 0 Å². The molecule has 0 unspecified atom stereocenters. The van der Waals surface area contributed by atoms with Crippen molar-refractivity contribution in [2.75, 3.05) is 7.11 Å². The molecule has 0 amide bonds. The molecule has 1 aromatic carbocycles. The zero-order chi connectivity index (χ0) is 12.4. The topological polar surface area (TPSA) is 22.1 Å². The smallest absolute Gasteiger partial charge is 0.128 e. The van der Waals surface area contributed by atoms with Crippen LogP contribution in [0.25, 0.3) is 11.3 Å². The molecule has 0 N–H and O–H groups in total. The van der Waals surface area contributed by atoms with Crippen LogP contribution in [0.4, 0.5) is 0 Å². The second kappa shape index (κ2) is 5.19. The molecule has 0 aliphatic heterocycles. The van der Waals surface area contributed by atoms with Crippen molar-refractivity contribution >= 4 is 27.3 Å². The number of nitrogens with zero attached hydrogens (tertiary/aromatic N) is 1. The van der Waals surface area contributed by atoms with E-state index in [0.29, 0.717) is 0 Å². The average molecular weight is 312 g/mol. The van der Waals surface area contributed by atoms with Crippen LogP contribution in [-0.2, 0) is 5.33 Å². The van der Waals surface area contributed by atoms with E-state index < -0.39 is 0 Å². The van der Waals surface area contributed by atoms with Crippen LogP contribution < -0.4 is 4.74 Å². The SMILES string of the molecule is COc1cc(C)c(C)cc1-c1csc(CBr)n1. The number of hydrogen-bond acceptors (Lipinski definition) is 3. The van der Waals surface area contributed by atoms with Crippen molar-refractivity contribution in [2.45, 2.75) is 19.2 Å². The molecule has 0 aliphatic rings. The zero-order valence-electron chi connectivity index (χ0n) is 10.1. The summed E-state index contributed by atoms with van der Waals surface area (Å²) in [5.74, 6) is 0.888. The van der Waals surface area contributed by atoms with Gasteiger partial charge in [0, 0.05) is 10.9 Å². The maximum atomic E-state index is 5.43. The summed E-state index contributed by atoms with van der Waals surface area (Å²) in [6, 6.07) is 4.21. The van der Waals surface area contributed by atoms with E-state index in [4.69, 9.17) is 4.74 Å². The normalized spacial score (nSPS) is 10.6. The third-order valence-corrected chi connectivity index (χ3v) is 4.51. The Hall–Kier alpha value is -0.870. The zero-order valence-corrected chi connectivity index (χ0v) is 12.5. The summed E-state index contributed by atoms with van der Waals surface area (Å²) >= 11 is 5.08. The highest BCUT2D eigenvalue weighted by Crippen LogP contribution is 2.33. The van der Waals surface area contributed by atoms with Gasteiger partial charge in [-0.2, -0.15) is 0 Å². The molecule has 1 aromatic heterocycles. The van der Waals surface area contributed by atoms with Crippen LogP contribution in [0.5, 0.6) is 5.75 Å². The van der Waals surface area contributed by atoms with Gasteiger partial charge in [0.2, 0.25) is 0 Å². The molecule has 0 aliphatic carbocycles. The van der Waals surface area contributed by atoms with Gasteiger partial charge in [-0.05, 0) is 37.1 Å². The highest BCUT2D eigenvalue weighted by Gasteiger charge is 2.11. The van der Waals surface area contributed by atoms with Crippen LogP contribution >= 0.6 is 27.3 Å². The second-order valence-corrected chi connectivity index (χ2v) is 5.40. The molecular weight excluding hydrogens is 298 g/mol. The maximum absolute atomic E-state index is 5.43. The van der Waals surface area contributed by atoms with Crippen molar-refractivity contribution in [1.29, 1.82) is 0 Å². The summed E-state index contributed by atoms with van der Waals surface area (Å²) in [5, 5.41) is 3.95. The van der Waals surface area contributed by atoms with Crippen LogP contribution in [0, 0.1) is 13.8 Å². The van der Waals surface area contributed by atoms with Crippen LogP contribution in [0.1, 0.15) is 16.1 Å². The Balaban J connectivity index is 2.53. The highest BCUT2D eigenvalue weighted by atomic mass is 79.9. The number of rotatable bonds is 3. The molecule has 4 heteroatoms. The van der Waals surface area contributed by atoms with Crippen LogP contribution in [0.15, 0.2) is 17.5 Å². The van der Waals surface area contributed by atoms with Gasteiger partial charge in [-0.3, -0.25) is 0 Å². The number of benzene rings is 1. The highest BCUT2D eigenvalue weighted by molar-refractivity contribution is 9.08. The molecule has 1 heterocycles. The lowest BCUT2D eigenvalue weighted by Gasteiger charge is -2.09. The van der Waals surface area contributed by atoms with Crippen molar-refractivity contribution in [3.63, 3.8) is 0 Å². The molecule has 17 heavy (non-hydrogen) atoms. The first-order valence-corrected chi connectivity index (χ1v) is 7.31. The van der Waals surface area contributed by atoms with Crippen LogP contribution in [0.2, 0.25) is 0 Å². The van der Waals surface area contributed by atoms with Gasteiger partial charge in [0.25, 0.3) is 0 Å². The minimum atomic E-state index is 0.796. The first-order chi connectivity index (χ1) is 8.15. The predicted octanol–water partition coefficient (Wildman–Crippen LogP) is 4.33. The Kier molecular flexibility index (Phi) is 3.84. The van der Waals surface area contributed by atoms with E-state index in [9.17, 15) is 0 Å². The Morgan fingerprint density at radius 3 is 2.59 bits per heavy atom. The predicted molar refractivity (Wildman–Crippen MR) is 76.2 cm³/mol. The van der Waals surface area contributed by atoms with Gasteiger partial charge in [0.1, 0.15) is 10.8 Å². The molecule has 90 valence electrons. The fourth-order valence-electron chi connectivity index (χ4n) is 1.65. The number of thiazole rings is 1. The van der Waals surface area contributed by atoms with Crippen LogP contribution in [-0.4, -0.2) is 12.1 Å². The van der Waals surface area contributed by atoms with E-state index in [1.165, 1.54) is 11.1 Å². The summed E-state index contributed by atoms with van der Waals surface area (Å²) in [4.78, 5) is 4.57. The first-order valence-electron chi connectivity index (χ1n) is 5.31. The third kappa shape index (κ3) is 2.53. The van der Waals surface area contributed by atoms with E-state index in [-0.39, 0.29) is 0 Å². The molecule has 2 aromatic rings. The fraction of sp³-hybridized carbons (Fsp3) is 0.308. The standard InChI is InChI=1S/C13H14BrNOS/c1-8-4-10(12(16-3)5-9(8)2)11-7-17-13(6-14)15-11/h4-5,7H,6H2,1-3H3. The van der Waals surface area contributed by atoms with Gasteiger partial charge in [-0.15, -0.1) is 11.3 Å². The third-order valence-electron chi connectivity index (χ3n) is 2.76. The van der Waals surface area contributed by atoms with Crippen molar-refractivity contribution in [1.82, 2.24) is 4.98 Å². The maximum Gasteiger partial charge on any atom is 0.128 e. The lowest BCUT2D eigenvalue weighted by Crippen LogP contribution is -1.92. The van der Waals surface area contributed by atoms with Crippen molar-refractivity contribution < 1.29 is 4.74 Å². The summed E-state index contributed by atoms with van der Waals surface area (Å²) < 4.78 is 5.43. The van der Waals surface area contributed by atoms with Gasteiger partial charge in [-0.25, -0.2) is 4.98 Å². The summed E-state index contributed by atoms with van der Waals surface area (Å²) in [6.45, 7) is 4.20. The molecule has 0 bridgehead atoms. The number of alkyl halides is 1. The summed E-state index contributed by atoms with van der Waals surface area (Å²) in [5.41, 5.74) is 4.55. The average Bonchev–Trinajstić information content (AvgIpc) is 2.80. The Labute approximate surface area is 114 Å². The monoisotopic (exact) mass is 311 g/mol. The molecular formula is C13H14BrNOS. The molecule has 2 rings (SSSR count). The Morgan fingerprint density at radius 1 is 1.29 bits per heavy atom. The van der Waals surface area contributed by atoms with Crippen molar-refractivity contribution in [3.05, 3.63) is 33.6 Å². The molecule has 0 spiro atoms. The summed E-state index contributed by atoms with van der Waals surface area (Å²) in [7, 11) is 1.70. The lowest BCUT2D eigenvalue weighted by atomic mass is 10.0. The van der Waals surface area contributed by atoms with E-state index in [0.717, 1.165) is 27.3 Å². The molecule has 0 saturated heterocycles. The minimum Gasteiger partial charge on any atom is -0.496 e. The number of hydrogen-bond donors (Lipinski definition) is 0.